The fraction of sp³-hybridized carbons (Fsp3) is 0.231. The van der Waals surface area contributed by atoms with E-state index in [0.717, 1.165) is 22.5 Å². The summed E-state index contributed by atoms with van der Waals surface area (Å²) in [5.41, 5.74) is 1.45. The maximum absolute atomic E-state index is 13.8. The monoisotopic (exact) mass is 553 g/mol. The van der Waals surface area contributed by atoms with Crippen LogP contribution in [0.15, 0.2) is 73.4 Å². The number of hydrogen-bond donors (Lipinski definition) is 3. The van der Waals surface area contributed by atoms with Crippen molar-refractivity contribution in [2.24, 2.45) is 0 Å². The average Bonchev–Trinajstić information content (AvgIpc) is 3.74. The van der Waals surface area contributed by atoms with E-state index in [0.29, 0.717) is 5.69 Å². The van der Waals surface area contributed by atoms with Gasteiger partial charge in [0.05, 0.1) is 12.8 Å². The molecule has 11 nitrogen and oxygen atoms in total. The van der Waals surface area contributed by atoms with Crippen molar-refractivity contribution in [1.29, 1.82) is 0 Å². The zero-order valence-corrected chi connectivity index (χ0v) is 20.5. The van der Waals surface area contributed by atoms with Crippen molar-refractivity contribution in [3.05, 3.63) is 96.7 Å². The zero-order valence-electron chi connectivity index (χ0n) is 20.5. The molecule has 5 atom stereocenters. The highest BCUT2D eigenvalue weighted by Gasteiger charge is 2.48. The van der Waals surface area contributed by atoms with Crippen LogP contribution in [0.2, 0.25) is 0 Å². The lowest BCUT2D eigenvalue weighted by Crippen LogP contribution is -2.53. The van der Waals surface area contributed by atoms with Crippen molar-refractivity contribution in [2.45, 2.75) is 30.5 Å². The molecule has 0 saturated carbocycles. The Bertz CT molecular complexity index is 1600. The molecule has 1 aliphatic heterocycles. The highest BCUT2D eigenvalue weighted by Crippen LogP contribution is 2.38. The summed E-state index contributed by atoms with van der Waals surface area (Å²) >= 11 is 0. The Balaban J connectivity index is 1.33. The Morgan fingerprint density at radius 3 is 2.25 bits per heavy atom. The Labute approximate surface area is 224 Å². The number of aromatic nitrogens is 7. The Morgan fingerprint density at radius 1 is 0.900 bits per heavy atom. The van der Waals surface area contributed by atoms with Crippen LogP contribution >= 0.6 is 0 Å². The van der Waals surface area contributed by atoms with E-state index in [1.54, 1.807) is 4.57 Å². The summed E-state index contributed by atoms with van der Waals surface area (Å²) in [5, 5.41) is 48.1. The maximum atomic E-state index is 13.8. The number of rotatable bonds is 6. The van der Waals surface area contributed by atoms with Gasteiger partial charge in [-0.05, 0) is 48.5 Å². The smallest absolute Gasteiger partial charge is 0.194 e. The van der Waals surface area contributed by atoms with Crippen molar-refractivity contribution in [3.63, 3.8) is 0 Å². The van der Waals surface area contributed by atoms with Crippen LogP contribution < -0.4 is 0 Å². The maximum Gasteiger partial charge on any atom is 0.194 e. The van der Waals surface area contributed by atoms with Gasteiger partial charge in [-0.25, -0.2) is 17.9 Å². The lowest BCUT2D eigenvalue weighted by Gasteiger charge is -2.41. The molecule has 4 heterocycles. The Kier molecular flexibility index (Phi) is 6.67. The summed E-state index contributed by atoms with van der Waals surface area (Å²) in [7, 11) is 0. The zero-order chi connectivity index (χ0) is 28.0. The largest absolute Gasteiger partial charge is 0.394 e. The van der Waals surface area contributed by atoms with Crippen LogP contribution in [0.1, 0.15) is 18.0 Å². The Hall–Kier alpha value is -4.37. The van der Waals surface area contributed by atoms with Crippen LogP contribution in [-0.4, -0.2) is 74.6 Å². The predicted octanol–water partition coefficient (Wildman–Crippen LogP) is 2.13. The summed E-state index contributed by atoms with van der Waals surface area (Å²) in [6.07, 6.45) is 1.23. The second-order valence-corrected chi connectivity index (χ2v) is 9.25. The van der Waals surface area contributed by atoms with E-state index in [-0.39, 0.29) is 17.1 Å². The first-order chi connectivity index (χ1) is 19.4. The minimum Gasteiger partial charge on any atom is -0.394 e. The summed E-state index contributed by atoms with van der Waals surface area (Å²) in [4.78, 5) is 0. The molecule has 3 aromatic heterocycles. The Morgan fingerprint density at radius 2 is 1.57 bits per heavy atom. The van der Waals surface area contributed by atoms with E-state index in [9.17, 15) is 28.5 Å². The number of ether oxygens (including phenoxy) is 1. The van der Waals surface area contributed by atoms with Crippen LogP contribution in [0, 0.1) is 17.5 Å². The van der Waals surface area contributed by atoms with E-state index in [2.05, 4.69) is 20.5 Å². The third kappa shape index (κ3) is 4.46. The van der Waals surface area contributed by atoms with Gasteiger partial charge >= 0.3 is 0 Å². The molecule has 5 aromatic rings. The SMILES string of the molecule is OC[C@H]1O[C@@H](c2nncn2-c2ccc(-n3cccc3)cc2)[C@H](O)[C@@H](n2cc(-c3cc(F)c(F)c(F)c3)nn2)[C@H]1O. The molecule has 0 radical (unpaired) electrons. The fourth-order valence-corrected chi connectivity index (χ4v) is 4.81. The molecule has 1 fully saturated rings. The number of hydrogen-bond acceptors (Lipinski definition) is 8. The predicted molar refractivity (Wildman–Crippen MR) is 132 cm³/mol. The number of aliphatic hydroxyl groups excluding tert-OH is 3. The van der Waals surface area contributed by atoms with E-state index >= 15 is 0 Å². The first-order valence-corrected chi connectivity index (χ1v) is 12.2. The minimum absolute atomic E-state index is 0.0354. The van der Waals surface area contributed by atoms with Gasteiger partial charge < -0.3 is 24.6 Å². The first kappa shape index (κ1) is 25.9. The highest BCUT2D eigenvalue weighted by molar-refractivity contribution is 5.58. The molecular weight excluding hydrogens is 531 g/mol. The fourth-order valence-electron chi connectivity index (χ4n) is 4.81. The van der Waals surface area contributed by atoms with Crippen molar-refractivity contribution in [3.8, 4) is 22.6 Å². The average molecular weight is 554 g/mol. The lowest BCUT2D eigenvalue weighted by atomic mass is 9.92. The summed E-state index contributed by atoms with van der Waals surface area (Å²) < 4.78 is 51.5. The first-order valence-electron chi connectivity index (χ1n) is 12.2. The molecule has 0 spiro atoms. The molecule has 6 rings (SSSR count). The van der Waals surface area contributed by atoms with Gasteiger partial charge in [-0.2, -0.15) is 0 Å². The molecule has 14 heteroatoms. The van der Waals surface area contributed by atoms with E-state index in [4.69, 9.17) is 4.74 Å². The van der Waals surface area contributed by atoms with Crippen LogP contribution in [0.5, 0.6) is 0 Å². The standard InChI is InChI=1S/C26H22F3N7O4/c27-17-9-14(10-18(28)21(17)29)19-11-36(33-31-19)22-23(38)20(12-37)40-25(24(22)39)26-32-30-13-35(26)16-5-3-15(4-6-16)34-7-1-2-8-34/h1-11,13,20,22-25,37-39H,12H2/t20-,22+,23+,24-,25-/m1/s1. The van der Waals surface area contributed by atoms with E-state index in [1.165, 1.54) is 12.5 Å². The molecule has 3 N–H and O–H groups in total. The van der Waals surface area contributed by atoms with Crippen molar-refractivity contribution in [1.82, 2.24) is 34.3 Å². The third-order valence-electron chi connectivity index (χ3n) is 6.85. The van der Waals surface area contributed by atoms with Crippen molar-refractivity contribution >= 4 is 0 Å². The quantitative estimate of drug-likeness (QED) is 0.272. The van der Waals surface area contributed by atoms with Gasteiger partial charge in [0.1, 0.15) is 42.5 Å². The van der Waals surface area contributed by atoms with Crippen LogP contribution in [0.25, 0.3) is 22.6 Å². The molecule has 0 amide bonds. The van der Waals surface area contributed by atoms with E-state index in [1.807, 2.05) is 53.4 Å². The topological polar surface area (TPSA) is 136 Å². The molecule has 0 bridgehead atoms. The normalized spacial score (nSPS) is 23.0. The summed E-state index contributed by atoms with van der Waals surface area (Å²) in [6.45, 7) is -0.601. The minimum atomic E-state index is -1.62. The second kappa shape index (κ2) is 10.3. The molecular formula is C26H22F3N7O4. The molecule has 1 saturated heterocycles. The van der Waals surface area contributed by atoms with Crippen molar-refractivity contribution in [2.75, 3.05) is 6.61 Å². The van der Waals surface area contributed by atoms with Gasteiger partial charge in [0.15, 0.2) is 23.3 Å². The highest BCUT2D eigenvalue weighted by atomic mass is 19.2. The van der Waals surface area contributed by atoms with Gasteiger partial charge in [0.25, 0.3) is 0 Å². The van der Waals surface area contributed by atoms with Gasteiger partial charge in [0.2, 0.25) is 0 Å². The summed E-state index contributed by atoms with van der Waals surface area (Å²) in [6, 6.07) is 11.6. The van der Waals surface area contributed by atoms with Gasteiger partial charge in [0, 0.05) is 29.3 Å². The second-order valence-electron chi connectivity index (χ2n) is 9.25. The molecule has 0 unspecified atom stereocenters. The van der Waals surface area contributed by atoms with Crippen LogP contribution in [-0.2, 0) is 4.74 Å². The van der Waals surface area contributed by atoms with Crippen LogP contribution in [0.3, 0.4) is 0 Å². The molecule has 206 valence electrons. The van der Waals surface area contributed by atoms with E-state index < -0.39 is 54.5 Å². The molecule has 0 aliphatic carbocycles. The number of benzene rings is 2. The lowest BCUT2D eigenvalue weighted by molar-refractivity contribution is -0.210. The number of aliphatic hydroxyl groups is 3. The molecule has 1 aliphatic rings. The third-order valence-corrected chi connectivity index (χ3v) is 6.85. The number of nitrogens with zero attached hydrogens (tertiary/aromatic N) is 7. The van der Waals surface area contributed by atoms with Gasteiger partial charge in [-0.15, -0.1) is 15.3 Å². The van der Waals surface area contributed by atoms with Crippen LogP contribution in [0.4, 0.5) is 13.2 Å². The van der Waals surface area contributed by atoms with Gasteiger partial charge in [-0.3, -0.25) is 4.57 Å². The van der Waals surface area contributed by atoms with Crippen molar-refractivity contribution < 1.29 is 33.2 Å². The molecule has 40 heavy (non-hydrogen) atoms. The summed E-state index contributed by atoms with van der Waals surface area (Å²) in [5.74, 6) is -4.24. The van der Waals surface area contributed by atoms with Gasteiger partial charge in [-0.1, -0.05) is 5.21 Å². The molecule has 2 aromatic carbocycles. The number of halogens is 3.